The Morgan fingerprint density at radius 2 is 2.05 bits per heavy atom. The highest BCUT2D eigenvalue weighted by atomic mass is 35.5. The number of piperidine rings is 1. The zero-order valence-electron chi connectivity index (χ0n) is 12.5. The van der Waals surface area contributed by atoms with E-state index < -0.39 is 0 Å². The first-order valence-corrected chi connectivity index (χ1v) is 7.10. The number of hydrogen-bond acceptors (Lipinski definition) is 3. The molecule has 1 aliphatic rings. The predicted octanol–water partition coefficient (Wildman–Crippen LogP) is 2.41. The minimum Gasteiger partial charge on any atom is -0.323 e. The van der Waals surface area contributed by atoms with Crippen LogP contribution in [0.3, 0.4) is 0 Å². The van der Waals surface area contributed by atoms with Crippen molar-refractivity contribution in [3.05, 3.63) is 11.4 Å². The van der Waals surface area contributed by atoms with Crippen LogP contribution < -0.4 is 10.6 Å². The van der Waals surface area contributed by atoms with Gasteiger partial charge >= 0.3 is 0 Å². The Kier molecular flexibility index (Phi) is 6.49. The van der Waals surface area contributed by atoms with E-state index in [-0.39, 0.29) is 18.3 Å². The third kappa shape index (κ3) is 4.21. The van der Waals surface area contributed by atoms with Crippen LogP contribution in [0.15, 0.2) is 0 Å². The lowest BCUT2D eigenvalue weighted by Crippen LogP contribution is -2.32. The summed E-state index contributed by atoms with van der Waals surface area (Å²) in [6, 6.07) is 0. The molecule has 0 spiro atoms. The molecule has 1 atom stereocenters. The number of rotatable bonds is 4. The highest BCUT2D eigenvalue weighted by Crippen LogP contribution is 2.25. The van der Waals surface area contributed by atoms with E-state index in [9.17, 15) is 4.79 Å². The van der Waals surface area contributed by atoms with Gasteiger partial charge in [-0.15, -0.1) is 12.4 Å². The van der Waals surface area contributed by atoms with E-state index in [0.717, 1.165) is 30.2 Å². The van der Waals surface area contributed by atoms with Gasteiger partial charge in [0.1, 0.15) is 0 Å². The number of aromatic amines is 1. The zero-order valence-corrected chi connectivity index (χ0v) is 13.3. The largest absolute Gasteiger partial charge is 0.323 e. The molecule has 1 unspecified atom stereocenters. The zero-order chi connectivity index (χ0) is 13.8. The molecule has 2 heterocycles. The summed E-state index contributed by atoms with van der Waals surface area (Å²) < 4.78 is 0. The van der Waals surface area contributed by atoms with Crippen molar-refractivity contribution in [1.29, 1.82) is 0 Å². The molecule has 3 N–H and O–H groups in total. The Hall–Kier alpha value is -1.07. The summed E-state index contributed by atoms with van der Waals surface area (Å²) >= 11 is 0. The maximum atomic E-state index is 12.1. The summed E-state index contributed by atoms with van der Waals surface area (Å²) in [4.78, 5) is 12.1. The van der Waals surface area contributed by atoms with Crippen LogP contribution in [0, 0.1) is 25.7 Å². The molecule has 1 aliphatic heterocycles. The summed E-state index contributed by atoms with van der Waals surface area (Å²) in [5.41, 5.74) is 2.60. The van der Waals surface area contributed by atoms with Gasteiger partial charge in [-0.25, -0.2) is 0 Å². The lowest BCUT2D eigenvalue weighted by Gasteiger charge is -2.27. The number of nitrogens with zero attached hydrogens (tertiary/aromatic N) is 1. The van der Waals surface area contributed by atoms with Crippen LogP contribution in [0.5, 0.6) is 0 Å². The molecular formula is C14H25ClN4O. The second-order valence-electron chi connectivity index (χ2n) is 5.63. The van der Waals surface area contributed by atoms with Gasteiger partial charge in [0.25, 0.3) is 0 Å². The average Bonchev–Trinajstić information content (AvgIpc) is 2.71. The van der Waals surface area contributed by atoms with E-state index in [4.69, 9.17) is 0 Å². The topological polar surface area (TPSA) is 69.8 Å². The van der Waals surface area contributed by atoms with Gasteiger partial charge in [0, 0.05) is 6.42 Å². The monoisotopic (exact) mass is 300 g/mol. The molecule has 1 fully saturated rings. The lowest BCUT2D eigenvalue weighted by atomic mass is 9.84. The van der Waals surface area contributed by atoms with E-state index in [1.54, 1.807) is 0 Å². The molecular weight excluding hydrogens is 276 g/mol. The Balaban J connectivity index is 0.00000200. The van der Waals surface area contributed by atoms with Crippen LogP contribution in [0.2, 0.25) is 0 Å². The molecule has 1 amide bonds. The molecule has 0 aliphatic carbocycles. The molecule has 0 bridgehead atoms. The number of aromatic nitrogens is 2. The van der Waals surface area contributed by atoms with Gasteiger partial charge in [-0.2, -0.15) is 5.10 Å². The SMILES string of the molecule is Cc1n[nH]c(C)c1NC(=O)CC(C)C1CCNCC1.Cl. The maximum absolute atomic E-state index is 12.1. The number of aryl methyl sites for hydroxylation is 2. The van der Waals surface area contributed by atoms with E-state index in [1.807, 2.05) is 13.8 Å². The van der Waals surface area contributed by atoms with E-state index in [1.165, 1.54) is 12.8 Å². The molecule has 20 heavy (non-hydrogen) atoms. The average molecular weight is 301 g/mol. The number of anilines is 1. The quantitative estimate of drug-likeness (QED) is 0.800. The standard InChI is InChI=1S/C14H24N4O.ClH/c1-9(12-4-6-15-7-5-12)8-13(19)16-14-10(2)17-18-11(14)3;/h9,12,15H,4-8H2,1-3H3,(H,16,19)(H,17,18);1H. The van der Waals surface area contributed by atoms with Gasteiger partial charge in [-0.1, -0.05) is 6.92 Å². The van der Waals surface area contributed by atoms with Gasteiger partial charge in [0.05, 0.1) is 17.1 Å². The van der Waals surface area contributed by atoms with E-state index >= 15 is 0 Å². The van der Waals surface area contributed by atoms with Crippen molar-refractivity contribution in [1.82, 2.24) is 15.5 Å². The fourth-order valence-corrected chi connectivity index (χ4v) is 2.80. The molecule has 1 aromatic heterocycles. The van der Waals surface area contributed by atoms with Crippen LogP contribution in [0.1, 0.15) is 37.6 Å². The Bertz CT molecular complexity index is 421. The van der Waals surface area contributed by atoms with Gasteiger partial charge in [-0.05, 0) is 51.6 Å². The van der Waals surface area contributed by atoms with Crippen LogP contribution in [0.25, 0.3) is 0 Å². The molecule has 2 rings (SSSR count). The third-order valence-electron chi connectivity index (χ3n) is 4.09. The van der Waals surface area contributed by atoms with Gasteiger partial charge in [0.15, 0.2) is 0 Å². The van der Waals surface area contributed by atoms with Crippen molar-refractivity contribution in [3.63, 3.8) is 0 Å². The minimum absolute atomic E-state index is 0. The van der Waals surface area contributed by atoms with Crippen molar-refractivity contribution >= 4 is 24.0 Å². The summed E-state index contributed by atoms with van der Waals surface area (Å²) in [5.74, 6) is 1.20. The minimum atomic E-state index is 0. The molecule has 6 heteroatoms. The predicted molar refractivity (Wildman–Crippen MR) is 83.3 cm³/mol. The first-order valence-electron chi connectivity index (χ1n) is 7.10. The molecule has 0 saturated carbocycles. The van der Waals surface area contributed by atoms with Crippen LogP contribution >= 0.6 is 12.4 Å². The number of carbonyl (C=O) groups excluding carboxylic acids is 1. The summed E-state index contributed by atoms with van der Waals surface area (Å²) in [5, 5.41) is 13.3. The second-order valence-corrected chi connectivity index (χ2v) is 5.63. The molecule has 5 nitrogen and oxygen atoms in total. The van der Waals surface area contributed by atoms with Gasteiger partial charge in [0.2, 0.25) is 5.91 Å². The summed E-state index contributed by atoms with van der Waals surface area (Å²) in [6.45, 7) is 8.17. The molecule has 0 radical (unpaired) electrons. The number of hydrogen-bond donors (Lipinski definition) is 3. The molecule has 0 aromatic carbocycles. The molecule has 1 aromatic rings. The van der Waals surface area contributed by atoms with Gasteiger partial charge in [-0.3, -0.25) is 9.89 Å². The van der Waals surface area contributed by atoms with Crippen molar-refractivity contribution in [2.45, 2.75) is 40.0 Å². The summed E-state index contributed by atoms with van der Waals surface area (Å²) in [6.07, 6.45) is 2.95. The van der Waals surface area contributed by atoms with Crippen molar-refractivity contribution in [2.24, 2.45) is 11.8 Å². The van der Waals surface area contributed by atoms with Gasteiger partial charge < -0.3 is 10.6 Å². The fourth-order valence-electron chi connectivity index (χ4n) is 2.80. The molecule has 114 valence electrons. The number of H-pyrrole nitrogens is 1. The summed E-state index contributed by atoms with van der Waals surface area (Å²) in [7, 11) is 0. The van der Waals surface area contributed by atoms with Crippen LogP contribution in [-0.4, -0.2) is 29.2 Å². The smallest absolute Gasteiger partial charge is 0.224 e. The third-order valence-corrected chi connectivity index (χ3v) is 4.09. The number of amides is 1. The van der Waals surface area contributed by atoms with Crippen molar-refractivity contribution < 1.29 is 4.79 Å². The Morgan fingerprint density at radius 3 is 2.60 bits per heavy atom. The fraction of sp³-hybridized carbons (Fsp3) is 0.714. The van der Waals surface area contributed by atoms with Crippen molar-refractivity contribution in [2.75, 3.05) is 18.4 Å². The Morgan fingerprint density at radius 1 is 1.40 bits per heavy atom. The van der Waals surface area contributed by atoms with Crippen molar-refractivity contribution in [3.8, 4) is 0 Å². The van der Waals surface area contributed by atoms with E-state index in [2.05, 4.69) is 27.8 Å². The first-order chi connectivity index (χ1) is 9.08. The van der Waals surface area contributed by atoms with Crippen LogP contribution in [-0.2, 0) is 4.79 Å². The highest BCUT2D eigenvalue weighted by Gasteiger charge is 2.22. The number of carbonyl (C=O) groups is 1. The maximum Gasteiger partial charge on any atom is 0.224 e. The van der Waals surface area contributed by atoms with E-state index in [0.29, 0.717) is 18.3 Å². The number of nitrogens with one attached hydrogen (secondary N) is 3. The highest BCUT2D eigenvalue weighted by molar-refractivity contribution is 5.91. The second kappa shape index (κ2) is 7.64. The molecule has 1 saturated heterocycles. The van der Waals surface area contributed by atoms with Crippen LogP contribution in [0.4, 0.5) is 5.69 Å². The first kappa shape index (κ1) is 17.0. The number of halogens is 1. The lowest BCUT2D eigenvalue weighted by molar-refractivity contribution is -0.117. The normalized spacial score (nSPS) is 17.4. The Labute approximate surface area is 126 Å².